The largest absolute Gasteiger partial charge is 0.481 e. The zero-order valence-corrected chi connectivity index (χ0v) is 16.3. The second kappa shape index (κ2) is 9.82. The summed E-state index contributed by atoms with van der Waals surface area (Å²) in [6.45, 7) is 6.02. The highest BCUT2D eigenvalue weighted by molar-refractivity contribution is 5.80. The number of hydrogen-bond acceptors (Lipinski definition) is 6. The number of carboxylic acid groups (broad SMARTS) is 1. The van der Waals surface area contributed by atoms with E-state index in [0.717, 1.165) is 5.56 Å². The maximum Gasteiger partial charge on any atom is 0.310 e. The van der Waals surface area contributed by atoms with Gasteiger partial charge in [0.25, 0.3) is 0 Å². The van der Waals surface area contributed by atoms with Crippen molar-refractivity contribution in [3.63, 3.8) is 0 Å². The van der Waals surface area contributed by atoms with Gasteiger partial charge in [0.1, 0.15) is 5.60 Å². The van der Waals surface area contributed by atoms with Gasteiger partial charge in [0.15, 0.2) is 0 Å². The Hall–Kier alpha value is -1.96. The summed E-state index contributed by atoms with van der Waals surface area (Å²) in [6.07, 6.45) is -1.90. The fourth-order valence-electron chi connectivity index (χ4n) is 2.73. The van der Waals surface area contributed by atoms with Crippen LogP contribution in [0.15, 0.2) is 30.3 Å². The van der Waals surface area contributed by atoms with Crippen LogP contribution in [0.4, 0.5) is 0 Å². The average molecular weight is 382 g/mol. The number of aliphatic hydroxyl groups is 2. The van der Waals surface area contributed by atoms with Crippen molar-refractivity contribution in [1.82, 2.24) is 0 Å². The molecule has 7 heteroatoms. The molecule has 152 valence electrons. The Morgan fingerprint density at radius 3 is 2.19 bits per heavy atom. The fourth-order valence-corrected chi connectivity index (χ4v) is 2.73. The molecule has 1 aromatic rings. The van der Waals surface area contributed by atoms with Crippen LogP contribution in [0, 0.1) is 11.3 Å². The van der Waals surface area contributed by atoms with Crippen molar-refractivity contribution >= 4 is 11.9 Å². The average Bonchev–Trinajstić information content (AvgIpc) is 2.58. The Bertz CT molecular complexity index is 609. The predicted molar refractivity (Wildman–Crippen MR) is 98.9 cm³/mol. The number of ether oxygens (including phenoxy) is 2. The maximum atomic E-state index is 12.7. The number of rotatable bonds is 10. The van der Waals surface area contributed by atoms with Crippen molar-refractivity contribution in [2.75, 3.05) is 13.2 Å². The molecule has 7 nitrogen and oxygen atoms in total. The van der Waals surface area contributed by atoms with Crippen LogP contribution in [0.5, 0.6) is 0 Å². The predicted octanol–water partition coefficient (Wildman–Crippen LogP) is 2.00. The van der Waals surface area contributed by atoms with Gasteiger partial charge < -0.3 is 24.8 Å². The van der Waals surface area contributed by atoms with Crippen LogP contribution in [-0.4, -0.2) is 52.2 Å². The molecule has 3 N–H and O–H groups in total. The van der Waals surface area contributed by atoms with Gasteiger partial charge in [-0.1, -0.05) is 37.3 Å². The normalized spacial score (nSPS) is 16.2. The fraction of sp³-hybridized carbons (Fsp3) is 0.600. The molecule has 0 amide bonds. The summed E-state index contributed by atoms with van der Waals surface area (Å²) in [6, 6.07) is 9.31. The van der Waals surface area contributed by atoms with E-state index in [0.29, 0.717) is 0 Å². The second-order valence-corrected chi connectivity index (χ2v) is 7.87. The molecule has 0 aliphatic carbocycles. The molecule has 0 aliphatic heterocycles. The van der Waals surface area contributed by atoms with E-state index >= 15 is 0 Å². The highest BCUT2D eigenvalue weighted by Gasteiger charge is 2.47. The minimum absolute atomic E-state index is 0.124. The molecule has 1 unspecified atom stereocenters. The molecule has 0 aromatic heterocycles. The molecule has 1 aromatic carbocycles. The van der Waals surface area contributed by atoms with Crippen LogP contribution in [0.1, 0.15) is 39.7 Å². The Morgan fingerprint density at radius 2 is 1.70 bits per heavy atom. The molecule has 0 saturated heterocycles. The number of aliphatic hydroxyl groups excluding tert-OH is 2. The van der Waals surface area contributed by atoms with Crippen LogP contribution in [0.2, 0.25) is 0 Å². The van der Waals surface area contributed by atoms with Crippen molar-refractivity contribution < 1.29 is 34.4 Å². The molecule has 1 rings (SSSR count). The van der Waals surface area contributed by atoms with Crippen molar-refractivity contribution in [2.24, 2.45) is 11.3 Å². The third-order valence-electron chi connectivity index (χ3n) is 4.32. The molecule has 27 heavy (non-hydrogen) atoms. The molecule has 0 aliphatic rings. The molecule has 0 saturated carbocycles. The van der Waals surface area contributed by atoms with E-state index in [1.54, 1.807) is 20.8 Å². The summed E-state index contributed by atoms with van der Waals surface area (Å²) in [7, 11) is 0. The van der Waals surface area contributed by atoms with Crippen LogP contribution >= 0.6 is 0 Å². The van der Waals surface area contributed by atoms with Gasteiger partial charge in [-0.3, -0.25) is 9.59 Å². The number of carbonyl (C=O) groups is 2. The number of benzene rings is 1. The number of aliphatic carboxylic acids is 1. The van der Waals surface area contributed by atoms with Crippen LogP contribution in [-0.2, 0) is 25.7 Å². The SMILES string of the molecule is CC(C)(C)OC(=O)[C@H](CC(=O)O)C(C)(COCc1ccccc1)[C@H](O)CO. The Balaban J connectivity index is 3.04. The molecule has 0 heterocycles. The minimum Gasteiger partial charge on any atom is -0.481 e. The molecule has 3 atom stereocenters. The first-order valence-electron chi connectivity index (χ1n) is 8.85. The van der Waals surface area contributed by atoms with E-state index in [2.05, 4.69) is 0 Å². The lowest BCUT2D eigenvalue weighted by atomic mass is 9.71. The standard InChI is InChI=1S/C20H30O7/c1-19(2,3)27-18(25)15(10-17(23)24)20(4,16(22)11-21)13-26-12-14-8-6-5-7-9-14/h5-9,15-16,21-22H,10-13H2,1-4H3,(H,23,24)/t15-,16+,20?/m0/s1. The van der Waals surface area contributed by atoms with E-state index in [1.807, 2.05) is 30.3 Å². The Labute approximate surface area is 159 Å². The summed E-state index contributed by atoms with van der Waals surface area (Å²) < 4.78 is 11.0. The molecule has 0 spiro atoms. The number of hydrogen-bond donors (Lipinski definition) is 3. The highest BCUT2D eigenvalue weighted by Crippen LogP contribution is 2.36. The van der Waals surface area contributed by atoms with Crippen LogP contribution in [0.25, 0.3) is 0 Å². The monoisotopic (exact) mass is 382 g/mol. The zero-order chi connectivity index (χ0) is 20.7. The van der Waals surface area contributed by atoms with E-state index in [9.17, 15) is 24.9 Å². The van der Waals surface area contributed by atoms with Gasteiger partial charge >= 0.3 is 11.9 Å². The van der Waals surface area contributed by atoms with Crippen molar-refractivity contribution in [2.45, 2.75) is 52.4 Å². The first-order chi connectivity index (χ1) is 12.5. The zero-order valence-electron chi connectivity index (χ0n) is 16.3. The smallest absolute Gasteiger partial charge is 0.310 e. The lowest BCUT2D eigenvalue weighted by molar-refractivity contribution is -0.178. The maximum absolute atomic E-state index is 12.7. The van der Waals surface area contributed by atoms with Crippen LogP contribution < -0.4 is 0 Å². The summed E-state index contributed by atoms with van der Waals surface area (Å²) in [4.78, 5) is 24.0. The van der Waals surface area contributed by atoms with Crippen molar-refractivity contribution in [3.05, 3.63) is 35.9 Å². The van der Waals surface area contributed by atoms with Gasteiger partial charge in [-0.25, -0.2) is 0 Å². The summed E-state index contributed by atoms with van der Waals surface area (Å²) >= 11 is 0. The lowest BCUT2D eigenvalue weighted by Crippen LogP contribution is -2.50. The van der Waals surface area contributed by atoms with Gasteiger partial charge in [0.05, 0.1) is 38.3 Å². The summed E-state index contributed by atoms with van der Waals surface area (Å²) in [5, 5.41) is 29.1. The van der Waals surface area contributed by atoms with Gasteiger partial charge in [-0.2, -0.15) is 0 Å². The quantitative estimate of drug-likeness (QED) is 0.530. The summed E-state index contributed by atoms with van der Waals surface area (Å²) in [5.41, 5.74) is -1.26. The van der Waals surface area contributed by atoms with Gasteiger partial charge in [-0.05, 0) is 26.3 Å². The molecular formula is C20H30O7. The van der Waals surface area contributed by atoms with Gasteiger partial charge in [0, 0.05) is 5.41 Å². The van der Waals surface area contributed by atoms with E-state index in [1.165, 1.54) is 6.92 Å². The Morgan fingerprint density at radius 1 is 1.11 bits per heavy atom. The lowest BCUT2D eigenvalue weighted by Gasteiger charge is -2.39. The third-order valence-corrected chi connectivity index (χ3v) is 4.32. The minimum atomic E-state index is -1.36. The molecule has 0 bridgehead atoms. The number of carbonyl (C=O) groups excluding carboxylic acids is 1. The number of carboxylic acids is 1. The second-order valence-electron chi connectivity index (χ2n) is 7.87. The first-order valence-corrected chi connectivity index (χ1v) is 8.85. The van der Waals surface area contributed by atoms with Crippen molar-refractivity contribution in [3.8, 4) is 0 Å². The molecule has 0 radical (unpaired) electrons. The topological polar surface area (TPSA) is 113 Å². The van der Waals surface area contributed by atoms with E-state index < -0.39 is 48.0 Å². The summed E-state index contributed by atoms with van der Waals surface area (Å²) in [5.74, 6) is -3.14. The molecule has 0 fully saturated rings. The Kier molecular flexibility index (Phi) is 8.40. The van der Waals surface area contributed by atoms with Crippen LogP contribution in [0.3, 0.4) is 0 Å². The van der Waals surface area contributed by atoms with E-state index in [-0.39, 0.29) is 13.2 Å². The van der Waals surface area contributed by atoms with E-state index in [4.69, 9.17) is 9.47 Å². The number of esters is 1. The highest BCUT2D eigenvalue weighted by atomic mass is 16.6. The van der Waals surface area contributed by atoms with Gasteiger partial charge in [0.2, 0.25) is 0 Å². The van der Waals surface area contributed by atoms with Gasteiger partial charge in [-0.15, -0.1) is 0 Å². The van der Waals surface area contributed by atoms with Crippen molar-refractivity contribution in [1.29, 1.82) is 0 Å². The third kappa shape index (κ3) is 7.28. The first kappa shape index (κ1) is 23.1. The molecular weight excluding hydrogens is 352 g/mol.